The predicted octanol–water partition coefficient (Wildman–Crippen LogP) is 2.64. The third-order valence-corrected chi connectivity index (χ3v) is 0.707. The van der Waals surface area contributed by atoms with Crippen LogP contribution in [0.5, 0.6) is 0 Å². The van der Waals surface area contributed by atoms with Gasteiger partial charge >= 0.3 is 0 Å². The molecular formula is C6H15Y4-. The second-order valence-electron chi connectivity index (χ2n) is 1.35. The molecule has 0 atom stereocenters. The molecule has 0 rings (SSSR count). The van der Waals surface area contributed by atoms with E-state index in [0.717, 1.165) is 0 Å². The Bertz CT molecular complexity index is 17.2. The summed E-state index contributed by atoms with van der Waals surface area (Å²) in [4.78, 5) is 0. The molecule has 4 heteroatoms. The van der Waals surface area contributed by atoms with Crippen molar-refractivity contribution in [1.82, 2.24) is 0 Å². The van der Waals surface area contributed by atoms with E-state index in [1.54, 1.807) is 0 Å². The van der Waals surface area contributed by atoms with Crippen LogP contribution in [0.15, 0.2) is 0 Å². The fourth-order valence-electron chi connectivity index (χ4n) is 0.354. The molecule has 0 aromatic heterocycles. The Morgan fingerprint density at radius 3 is 0.900 bits per heavy atom. The van der Waals surface area contributed by atoms with Crippen molar-refractivity contribution in [3.8, 4) is 0 Å². The minimum atomic E-state index is 0. The van der Waals surface area contributed by atoms with Gasteiger partial charge in [0, 0.05) is 131 Å². The topological polar surface area (TPSA) is 0 Å². The monoisotopic (exact) mass is 443 g/mol. The van der Waals surface area contributed by atoms with Crippen LogP contribution in [-0.2, 0) is 131 Å². The predicted molar refractivity (Wildman–Crippen MR) is 31.6 cm³/mol. The van der Waals surface area contributed by atoms with Gasteiger partial charge in [-0.05, 0) is 0 Å². The average molecular weight is 443 g/mol. The maximum Gasteiger partial charge on any atom is 0 e. The fourth-order valence-corrected chi connectivity index (χ4v) is 0.354. The Balaban J connectivity index is -0.00000000800. The molecule has 0 nitrogen and oxygen atoms in total. The van der Waals surface area contributed by atoms with Gasteiger partial charge in [-0.15, -0.1) is 0 Å². The van der Waals surface area contributed by atoms with Crippen molar-refractivity contribution in [2.45, 2.75) is 33.1 Å². The molecule has 4 radical (unpaired) electrons. The summed E-state index contributed by atoms with van der Waals surface area (Å²) in [5, 5.41) is 0. The van der Waals surface area contributed by atoms with Gasteiger partial charge in [-0.1, -0.05) is 33.1 Å². The molecule has 0 aromatic rings. The van der Waals surface area contributed by atoms with Crippen molar-refractivity contribution >= 4 is 0 Å². The zero-order chi connectivity index (χ0) is 4.12. The zero-order valence-corrected chi connectivity index (χ0v) is 18.8. The quantitative estimate of drug-likeness (QED) is 0.577. The van der Waals surface area contributed by atoms with Crippen molar-refractivity contribution in [1.29, 1.82) is 0 Å². The maximum atomic E-state index is 2.21. The van der Waals surface area contributed by atoms with Gasteiger partial charge in [-0.3, -0.25) is 0 Å². The smallest absolute Gasteiger partial charge is 0 e. The molecule has 0 saturated heterocycles. The van der Waals surface area contributed by atoms with E-state index in [9.17, 15) is 0 Å². The van der Waals surface area contributed by atoms with E-state index in [4.69, 9.17) is 0 Å². The Labute approximate surface area is 167 Å². The van der Waals surface area contributed by atoms with E-state index in [1.807, 2.05) is 0 Å². The minimum Gasteiger partial charge on any atom is -0.358 e. The van der Waals surface area contributed by atoms with Gasteiger partial charge in [-0.2, -0.15) is 0 Å². The van der Waals surface area contributed by atoms with Crippen LogP contribution < -0.4 is 0 Å². The Kier molecular flexibility index (Phi) is 138. The summed E-state index contributed by atoms with van der Waals surface area (Å²) in [5.74, 6) is 0. The van der Waals surface area contributed by atoms with Crippen molar-refractivity contribution in [2.24, 2.45) is 0 Å². The molecule has 0 heterocycles. The molecule has 0 aromatic carbocycles. The zero-order valence-electron chi connectivity index (χ0n) is 7.43. The molecule has 0 unspecified atom stereocenters. The summed E-state index contributed by atoms with van der Waals surface area (Å²) in [5.41, 5.74) is 0. The summed E-state index contributed by atoms with van der Waals surface area (Å²) in [6.45, 7) is 4.42. The molecule has 0 aliphatic carbocycles. The first-order valence-electron chi connectivity index (χ1n) is 2.41. The second-order valence-corrected chi connectivity index (χ2v) is 1.35. The van der Waals surface area contributed by atoms with Crippen LogP contribution in [0.2, 0.25) is 0 Å². The van der Waals surface area contributed by atoms with Gasteiger partial charge in [0.25, 0.3) is 0 Å². The Morgan fingerprint density at radius 2 is 0.900 bits per heavy atom. The van der Waals surface area contributed by atoms with E-state index in [-0.39, 0.29) is 138 Å². The summed E-state index contributed by atoms with van der Waals surface area (Å²) in [7, 11) is 0. The Morgan fingerprint density at radius 1 is 0.700 bits per heavy atom. The summed E-state index contributed by atoms with van der Waals surface area (Å²) in [6, 6.07) is 0. The molecule has 0 aliphatic heterocycles. The molecule has 52 valence electrons. The van der Waals surface area contributed by atoms with Crippen molar-refractivity contribution in [3.05, 3.63) is 7.43 Å². The molecule has 0 amide bonds. The van der Waals surface area contributed by atoms with Crippen LogP contribution >= 0.6 is 0 Å². The first-order chi connectivity index (χ1) is 2.41. The largest absolute Gasteiger partial charge is 0.358 e. The van der Waals surface area contributed by atoms with Gasteiger partial charge in [0.2, 0.25) is 0 Å². The molecule has 0 fully saturated rings. The SMILES string of the molecule is CCCCC.[CH3-].[Y].[Y].[Y].[Y]. The molecule has 0 aliphatic rings. The third-order valence-electron chi connectivity index (χ3n) is 0.707. The molecule has 0 saturated carbocycles. The minimum absolute atomic E-state index is 0. The van der Waals surface area contributed by atoms with E-state index < -0.39 is 0 Å². The molecule has 0 spiro atoms. The third kappa shape index (κ3) is 39.3. The van der Waals surface area contributed by atoms with Crippen LogP contribution in [-0.4, -0.2) is 0 Å². The number of hydrogen-bond acceptors (Lipinski definition) is 0. The maximum absolute atomic E-state index is 2.21. The van der Waals surface area contributed by atoms with E-state index >= 15 is 0 Å². The van der Waals surface area contributed by atoms with Crippen LogP contribution in [0.4, 0.5) is 0 Å². The van der Waals surface area contributed by atoms with Crippen molar-refractivity contribution < 1.29 is 131 Å². The van der Waals surface area contributed by atoms with Crippen LogP contribution in [0.3, 0.4) is 0 Å². The van der Waals surface area contributed by atoms with Crippen molar-refractivity contribution in [2.75, 3.05) is 0 Å². The van der Waals surface area contributed by atoms with Gasteiger partial charge in [0.1, 0.15) is 0 Å². The molecule has 10 heavy (non-hydrogen) atoms. The number of unbranched alkanes of at least 4 members (excludes halogenated alkanes) is 2. The van der Waals surface area contributed by atoms with Crippen LogP contribution in [0.25, 0.3) is 0 Å². The number of rotatable bonds is 2. The first kappa shape index (κ1) is 36.6. The van der Waals surface area contributed by atoms with Gasteiger partial charge in [0.15, 0.2) is 0 Å². The summed E-state index contributed by atoms with van der Waals surface area (Å²) >= 11 is 0. The van der Waals surface area contributed by atoms with Gasteiger partial charge in [-0.25, -0.2) is 0 Å². The molecular weight excluding hydrogens is 428 g/mol. The standard InChI is InChI=1S/C5H12.CH3.4Y/c1-3-5-4-2;;;;;/h3-5H2,1-2H3;1H3;;;;/q;-1;;;;. The van der Waals surface area contributed by atoms with E-state index in [0.29, 0.717) is 0 Å². The van der Waals surface area contributed by atoms with Gasteiger partial charge in [0.05, 0.1) is 0 Å². The molecule has 0 N–H and O–H groups in total. The van der Waals surface area contributed by atoms with Crippen LogP contribution in [0.1, 0.15) is 33.1 Å². The molecule has 0 bridgehead atoms. The van der Waals surface area contributed by atoms with E-state index in [1.165, 1.54) is 19.3 Å². The normalized spacial score (nSPS) is 4.20. The van der Waals surface area contributed by atoms with E-state index in [2.05, 4.69) is 13.8 Å². The number of hydrogen-bond donors (Lipinski definition) is 0. The Hall–Kier alpha value is 4.42. The fraction of sp³-hybridized carbons (Fsp3) is 0.833. The summed E-state index contributed by atoms with van der Waals surface area (Å²) < 4.78 is 0. The second kappa shape index (κ2) is 37.6. The average Bonchev–Trinajstić information content (AvgIpc) is 1.41. The van der Waals surface area contributed by atoms with Crippen LogP contribution in [0, 0.1) is 7.43 Å². The van der Waals surface area contributed by atoms with Crippen molar-refractivity contribution in [3.63, 3.8) is 0 Å². The van der Waals surface area contributed by atoms with Gasteiger partial charge < -0.3 is 7.43 Å². The summed E-state index contributed by atoms with van der Waals surface area (Å²) in [6.07, 6.45) is 4.08. The first-order valence-corrected chi connectivity index (χ1v) is 2.41.